The monoisotopic (exact) mass is 356 g/mol. The van der Waals surface area contributed by atoms with Gasteiger partial charge in [0.05, 0.1) is 42.2 Å². The molecule has 1 aliphatic rings. The van der Waals surface area contributed by atoms with Gasteiger partial charge in [0.1, 0.15) is 0 Å². The molecule has 17 heavy (non-hydrogen) atoms. The molecule has 0 amide bonds. The molecular formula is C4H6K2O8S3. The Labute approximate surface area is 185 Å². The number of sulfone groups is 1. The van der Waals surface area contributed by atoms with Crippen LogP contribution in [0.5, 0.6) is 0 Å². The standard InChI is InChI=1S/C4H8O8S3.2K/c5-13(6)1-3(14(7,8)9)4(2-13)15(10,11)12;;/h3-4H,1-2H2,(H,7,8,9)(H,10,11,12);;/q;2*+1/p-2. The summed E-state index contributed by atoms with van der Waals surface area (Å²) in [4.78, 5) is 0. The van der Waals surface area contributed by atoms with E-state index in [0.29, 0.717) is 0 Å². The minimum atomic E-state index is -5.11. The van der Waals surface area contributed by atoms with E-state index in [1.165, 1.54) is 0 Å². The van der Waals surface area contributed by atoms with E-state index in [0.717, 1.165) is 0 Å². The van der Waals surface area contributed by atoms with Crippen molar-refractivity contribution in [2.45, 2.75) is 10.5 Å². The average Bonchev–Trinajstić information content (AvgIpc) is 2.23. The Bertz CT molecular complexity index is 514. The summed E-state index contributed by atoms with van der Waals surface area (Å²) in [6, 6.07) is 0. The Balaban J connectivity index is 0. The van der Waals surface area contributed by atoms with Crippen LogP contribution in [0.2, 0.25) is 0 Å². The summed E-state index contributed by atoms with van der Waals surface area (Å²) in [7, 11) is -14.2. The van der Waals surface area contributed by atoms with Crippen molar-refractivity contribution in [3.05, 3.63) is 0 Å². The van der Waals surface area contributed by atoms with Crippen LogP contribution in [0, 0.1) is 0 Å². The predicted octanol–water partition coefficient (Wildman–Crippen LogP) is -8.75. The second kappa shape index (κ2) is 7.35. The molecule has 0 aliphatic carbocycles. The molecule has 0 aromatic heterocycles. The summed E-state index contributed by atoms with van der Waals surface area (Å²) in [6.07, 6.45) is 0. The maximum atomic E-state index is 10.9. The Kier molecular flexibility index (Phi) is 9.65. The Morgan fingerprint density at radius 3 is 1.24 bits per heavy atom. The molecule has 0 saturated carbocycles. The Hall–Kier alpha value is 3.04. The summed E-state index contributed by atoms with van der Waals surface area (Å²) in [6.45, 7) is 0. The van der Waals surface area contributed by atoms with Crippen molar-refractivity contribution in [1.29, 1.82) is 0 Å². The van der Waals surface area contributed by atoms with Gasteiger partial charge < -0.3 is 9.11 Å². The molecule has 1 aliphatic heterocycles. The number of hydrogen-bond acceptors (Lipinski definition) is 8. The quantitative estimate of drug-likeness (QED) is 0.350. The third-order valence-electron chi connectivity index (χ3n) is 1.99. The maximum Gasteiger partial charge on any atom is 1.00 e. The number of rotatable bonds is 2. The van der Waals surface area contributed by atoms with E-state index in [1.54, 1.807) is 0 Å². The van der Waals surface area contributed by atoms with Gasteiger partial charge in [0, 0.05) is 0 Å². The second-order valence-corrected chi connectivity index (χ2v) is 8.48. The molecule has 0 radical (unpaired) electrons. The first-order valence-corrected chi connectivity index (χ1v) is 8.30. The van der Waals surface area contributed by atoms with Crippen molar-refractivity contribution < 1.29 is 137 Å². The molecule has 0 aromatic rings. The first-order chi connectivity index (χ1) is 6.43. The van der Waals surface area contributed by atoms with E-state index < -0.39 is 52.1 Å². The van der Waals surface area contributed by atoms with Crippen LogP contribution in [-0.4, -0.2) is 56.4 Å². The van der Waals surface area contributed by atoms with E-state index in [-0.39, 0.29) is 103 Å². The third kappa shape index (κ3) is 6.56. The van der Waals surface area contributed by atoms with Crippen molar-refractivity contribution >= 4 is 30.1 Å². The first-order valence-electron chi connectivity index (χ1n) is 3.53. The zero-order valence-corrected chi connectivity index (χ0v) is 17.8. The molecule has 1 saturated heterocycles. The fraction of sp³-hybridized carbons (Fsp3) is 1.00. The molecule has 0 N–H and O–H groups in total. The first kappa shape index (κ1) is 22.3. The average molecular weight is 356 g/mol. The molecule has 90 valence electrons. The van der Waals surface area contributed by atoms with Gasteiger partial charge >= 0.3 is 103 Å². The van der Waals surface area contributed by atoms with E-state index in [9.17, 15) is 34.4 Å². The van der Waals surface area contributed by atoms with E-state index >= 15 is 0 Å². The van der Waals surface area contributed by atoms with Crippen LogP contribution in [0.15, 0.2) is 0 Å². The van der Waals surface area contributed by atoms with Crippen LogP contribution in [0.1, 0.15) is 0 Å². The molecule has 2 atom stereocenters. The van der Waals surface area contributed by atoms with Crippen LogP contribution in [0.3, 0.4) is 0 Å². The van der Waals surface area contributed by atoms with Gasteiger partial charge in [-0.05, 0) is 0 Å². The van der Waals surface area contributed by atoms with Crippen molar-refractivity contribution in [2.75, 3.05) is 11.5 Å². The molecule has 1 rings (SSSR count). The molecule has 8 nitrogen and oxygen atoms in total. The molecule has 2 unspecified atom stereocenters. The van der Waals surface area contributed by atoms with Crippen molar-refractivity contribution in [3.63, 3.8) is 0 Å². The normalized spacial score (nSPS) is 27.9. The van der Waals surface area contributed by atoms with Gasteiger partial charge in [-0.3, -0.25) is 0 Å². The molecule has 0 bridgehead atoms. The third-order valence-corrected chi connectivity index (χ3v) is 6.79. The summed E-state index contributed by atoms with van der Waals surface area (Å²) >= 11 is 0. The Morgan fingerprint density at radius 1 is 0.824 bits per heavy atom. The molecule has 1 fully saturated rings. The van der Waals surface area contributed by atoms with Gasteiger partial charge in [0.15, 0.2) is 9.84 Å². The van der Waals surface area contributed by atoms with Gasteiger partial charge in [0.2, 0.25) is 0 Å². The van der Waals surface area contributed by atoms with Gasteiger partial charge in [-0.15, -0.1) is 0 Å². The van der Waals surface area contributed by atoms with Crippen molar-refractivity contribution in [1.82, 2.24) is 0 Å². The van der Waals surface area contributed by atoms with Crippen molar-refractivity contribution in [2.24, 2.45) is 0 Å². The molecule has 13 heteroatoms. The summed E-state index contributed by atoms with van der Waals surface area (Å²) in [5.41, 5.74) is 0. The van der Waals surface area contributed by atoms with Crippen LogP contribution >= 0.6 is 0 Å². The molecule has 0 spiro atoms. The predicted molar refractivity (Wildman–Crippen MR) is 45.6 cm³/mol. The SMILES string of the molecule is O=S1(=O)CC(S(=O)(=O)[O-])C(S(=O)(=O)[O-])C1.[K+].[K+]. The van der Waals surface area contributed by atoms with E-state index in [2.05, 4.69) is 0 Å². The summed E-state index contributed by atoms with van der Waals surface area (Å²) in [5, 5.41) is -4.38. The van der Waals surface area contributed by atoms with Gasteiger partial charge in [-0.1, -0.05) is 0 Å². The number of hydrogen-bond donors (Lipinski definition) is 0. The molecular weight excluding hydrogens is 350 g/mol. The van der Waals surface area contributed by atoms with Crippen molar-refractivity contribution in [3.8, 4) is 0 Å². The molecule has 0 aromatic carbocycles. The maximum absolute atomic E-state index is 10.9. The van der Waals surface area contributed by atoms with Gasteiger partial charge in [-0.2, -0.15) is 0 Å². The fourth-order valence-electron chi connectivity index (χ4n) is 1.32. The van der Waals surface area contributed by atoms with Crippen LogP contribution in [0.4, 0.5) is 0 Å². The largest absolute Gasteiger partial charge is 1.00 e. The fourth-order valence-corrected chi connectivity index (χ4v) is 7.50. The second-order valence-electron chi connectivity index (χ2n) is 3.14. The minimum absolute atomic E-state index is 0. The van der Waals surface area contributed by atoms with Gasteiger partial charge in [-0.25, -0.2) is 25.3 Å². The summed E-state index contributed by atoms with van der Waals surface area (Å²) in [5.74, 6) is -2.21. The molecule has 1 heterocycles. The van der Waals surface area contributed by atoms with Gasteiger partial charge in [0.25, 0.3) is 0 Å². The van der Waals surface area contributed by atoms with Crippen LogP contribution in [-0.2, 0) is 30.1 Å². The topological polar surface area (TPSA) is 149 Å². The van der Waals surface area contributed by atoms with Crippen LogP contribution in [0.25, 0.3) is 0 Å². The summed E-state index contributed by atoms with van der Waals surface area (Å²) < 4.78 is 85.2. The minimum Gasteiger partial charge on any atom is -0.748 e. The van der Waals surface area contributed by atoms with E-state index in [1.807, 2.05) is 0 Å². The Morgan fingerprint density at radius 2 is 1.06 bits per heavy atom. The van der Waals surface area contributed by atoms with Crippen LogP contribution < -0.4 is 103 Å². The zero-order valence-electron chi connectivity index (χ0n) is 9.06. The van der Waals surface area contributed by atoms with E-state index in [4.69, 9.17) is 0 Å². The zero-order chi connectivity index (χ0) is 12.1. The smallest absolute Gasteiger partial charge is 0.748 e.